The van der Waals surface area contributed by atoms with Gasteiger partial charge in [-0.1, -0.05) is 30.3 Å². The fraction of sp³-hybridized carbons (Fsp3) is 0.235. The number of hydrogen-bond acceptors (Lipinski definition) is 2. The summed E-state index contributed by atoms with van der Waals surface area (Å²) in [5, 5.41) is 2.98. The van der Waals surface area contributed by atoms with E-state index in [-0.39, 0.29) is 5.91 Å². The minimum atomic E-state index is 0.0301. The van der Waals surface area contributed by atoms with Gasteiger partial charge in [-0.2, -0.15) is 0 Å². The van der Waals surface area contributed by atoms with Gasteiger partial charge < -0.3 is 10.2 Å². The zero-order valence-electron chi connectivity index (χ0n) is 11.6. The van der Waals surface area contributed by atoms with Crippen LogP contribution in [0.1, 0.15) is 11.1 Å². The highest BCUT2D eigenvalue weighted by Crippen LogP contribution is 2.29. The molecule has 3 rings (SSSR count). The number of nitrogens with zero attached hydrogens (tertiary/aromatic N) is 1. The molecule has 0 aliphatic carbocycles. The molecule has 0 aromatic heterocycles. The van der Waals surface area contributed by atoms with Crippen LogP contribution in [0.25, 0.3) is 0 Å². The Bertz CT molecular complexity index is 622. The monoisotopic (exact) mass is 266 g/mol. The number of nitrogens with one attached hydrogen (secondary N) is 1. The first kappa shape index (κ1) is 12.7. The van der Waals surface area contributed by atoms with E-state index in [9.17, 15) is 4.79 Å². The number of likely N-dealkylation sites (N-methyl/N-ethyl adjacent to an activating group) is 1. The Kier molecular flexibility index (Phi) is 3.42. The first-order chi connectivity index (χ1) is 9.72. The molecule has 1 aliphatic heterocycles. The van der Waals surface area contributed by atoms with Gasteiger partial charge in [0.2, 0.25) is 5.91 Å². The number of amides is 1. The van der Waals surface area contributed by atoms with Crippen LogP contribution in [0.5, 0.6) is 0 Å². The quantitative estimate of drug-likeness (QED) is 0.926. The summed E-state index contributed by atoms with van der Waals surface area (Å²) in [5.41, 5.74) is 4.50. The number of rotatable bonds is 3. The van der Waals surface area contributed by atoms with Gasteiger partial charge in [0.15, 0.2) is 0 Å². The van der Waals surface area contributed by atoms with Crippen molar-refractivity contribution in [1.82, 2.24) is 0 Å². The minimum absolute atomic E-state index is 0.0301. The predicted molar refractivity (Wildman–Crippen MR) is 82.2 cm³/mol. The molecule has 0 radical (unpaired) electrons. The van der Waals surface area contributed by atoms with Gasteiger partial charge in [-0.3, -0.25) is 4.79 Å². The summed E-state index contributed by atoms with van der Waals surface area (Å²) in [6.45, 7) is 1.05. The molecule has 0 spiro atoms. The number of benzene rings is 2. The Morgan fingerprint density at radius 2 is 2.00 bits per heavy atom. The van der Waals surface area contributed by atoms with Crippen molar-refractivity contribution in [3.05, 3.63) is 59.7 Å². The SMILES string of the molecule is CN1CCc2cc(NC(=O)Cc3ccccc3)ccc21. The van der Waals surface area contributed by atoms with Crippen LogP contribution in [0.3, 0.4) is 0 Å². The maximum absolute atomic E-state index is 12.0. The van der Waals surface area contributed by atoms with Gasteiger partial charge in [0, 0.05) is 25.0 Å². The molecule has 2 aromatic rings. The Balaban J connectivity index is 1.68. The number of hydrogen-bond donors (Lipinski definition) is 1. The Hall–Kier alpha value is -2.29. The van der Waals surface area contributed by atoms with Gasteiger partial charge in [0.25, 0.3) is 0 Å². The molecular weight excluding hydrogens is 248 g/mol. The summed E-state index contributed by atoms with van der Waals surface area (Å²) in [7, 11) is 2.10. The molecule has 3 heteroatoms. The topological polar surface area (TPSA) is 32.3 Å². The third-order valence-electron chi connectivity index (χ3n) is 3.70. The van der Waals surface area contributed by atoms with Crippen LogP contribution in [-0.2, 0) is 17.6 Å². The maximum Gasteiger partial charge on any atom is 0.228 e. The molecule has 0 saturated carbocycles. The highest BCUT2D eigenvalue weighted by Gasteiger charge is 2.16. The molecule has 0 fully saturated rings. The fourth-order valence-corrected chi connectivity index (χ4v) is 2.63. The van der Waals surface area contributed by atoms with E-state index in [1.165, 1.54) is 11.3 Å². The van der Waals surface area contributed by atoms with Gasteiger partial charge in [0.05, 0.1) is 6.42 Å². The van der Waals surface area contributed by atoms with Gasteiger partial charge >= 0.3 is 0 Å². The lowest BCUT2D eigenvalue weighted by Gasteiger charge is -2.12. The molecule has 0 atom stereocenters. The molecular formula is C17H18N2O. The largest absolute Gasteiger partial charge is 0.374 e. The van der Waals surface area contributed by atoms with Crippen molar-refractivity contribution >= 4 is 17.3 Å². The van der Waals surface area contributed by atoms with Crippen molar-refractivity contribution in [2.45, 2.75) is 12.8 Å². The van der Waals surface area contributed by atoms with E-state index in [2.05, 4.69) is 29.4 Å². The van der Waals surface area contributed by atoms with Crippen molar-refractivity contribution in [3.63, 3.8) is 0 Å². The standard InChI is InChI=1S/C17H18N2O/c1-19-10-9-14-12-15(7-8-16(14)19)18-17(20)11-13-5-3-2-4-6-13/h2-8,12H,9-11H2,1H3,(H,18,20). The smallest absolute Gasteiger partial charge is 0.228 e. The summed E-state index contributed by atoms with van der Waals surface area (Å²) in [6, 6.07) is 15.9. The summed E-state index contributed by atoms with van der Waals surface area (Å²) < 4.78 is 0. The number of carbonyl (C=O) groups is 1. The zero-order valence-corrected chi connectivity index (χ0v) is 11.6. The summed E-state index contributed by atoms with van der Waals surface area (Å²) >= 11 is 0. The van der Waals surface area contributed by atoms with E-state index in [4.69, 9.17) is 0 Å². The number of anilines is 2. The fourth-order valence-electron chi connectivity index (χ4n) is 2.63. The van der Waals surface area contributed by atoms with Crippen molar-refractivity contribution in [2.24, 2.45) is 0 Å². The Morgan fingerprint density at radius 1 is 1.20 bits per heavy atom. The Labute approximate surface area is 119 Å². The normalized spacial score (nSPS) is 13.2. The van der Waals surface area contributed by atoms with E-state index >= 15 is 0 Å². The van der Waals surface area contributed by atoms with Crippen LogP contribution in [0.2, 0.25) is 0 Å². The highest BCUT2D eigenvalue weighted by molar-refractivity contribution is 5.92. The van der Waals surface area contributed by atoms with Gasteiger partial charge in [-0.15, -0.1) is 0 Å². The molecule has 1 amide bonds. The molecule has 102 valence electrons. The van der Waals surface area contributed by atoms with E-state index in [0.717, 1.165) is 24.2 Å². The average Bonchev–Trinajstić information content (AvgIpc) is 2.81. The van der Waals surface area contributed by atoms with Crippen LogP contribution in [0.4, 0.5) is 11.4 Å². The second kappa shape index (κ2) is 5.37. The molecule has 3 nitrogen and oxygen atoms in total. The lowest BCUT2D eigenvalue weighted by molar-refractivity contribution is -0.115. The number of fused-ring (bicyclic) bond motifs is 1. The summed E-state index contributed by atoms with van der Waals surface area (Å²) in [5.74, 6) is 0.0301. The van der Waals surface area contributed by atoms with Crippen molar-refractivity contribution in [3.8, 4) is 0 Å². The van der Waals surface area contributed by atoms with Gasteiger partial charge in [-0.05, 0) is 35.7 Å². The average molecular weight is 266 g/mol. The van der Waals surface area contributed by atoms with Gasteiger partial charge in [0.1, 0.15) is 0 Å². The minimum Gasteiger partial charge on any atom is -0.374 e. The second-order valence-corrected chi connectivity index (χ2v) is 5.23. The van der Waals surface area contributed by atoms with E-state index in [1.807, 2.05) is 36.4 Å². The molecule has 0 saturated heterocycles. The van der Waals surface area contributed by atoms with Crippen molar-refractivity contribution in [1.29, 1.82) is 0 Å². The van der Waals surface area contributed by atoms with Crippen LogP contribution in [-0.4, -0.2) is 19.5 Å². The first-order valence-electron chi connectivity index (χ1n) is 6.90. The third-order valence-corrected chi connectivity index (χ3v) is 3.70. The third kappa shape index (κ3) is 2.67. The van der Waals surface area contributed by atoms with Crippen LogP contribution in [0, 0.1) is 0 Å². The predicted octanol–water partition coefficient (Wildman–Crippen LogP) is 2.86. The summed E-state index contributed by atoms with van der Waals surface area (Å²) in [4.78, 5) is 14.3. The highest BCUT2D eigenvalue weighted by atomic mass is 16.1. The number of carbonyl (C=O) groups excluding carboxylic acids is 1. The first-order valence-corrected chi connectivity index (χ1v) is 6.90. The molecule has 2 aromatic carbocycles. The lowest BCUT2D eigenvalue weighted by Crippen LogP contribution is -2.14. The van der Waals surface area contributed by atoms with Crippen LogP contribution < -0.4 is 10.2 Å². The van der Waals surface area contributed by atoms with E-state index < -0.39 is 0 Å². The second-order valence-electron chi connectivity index (χ2n) is 5.23. The molecule has 0 unspecified atom stereocenters. The van der Waals surface area contributed by atoms with Crippen molar-refractivity contribution < 1.29 is 4.79 Å². The van der Waals surface area contributed by atoms with E-state index in [1.54, 1.807) is 0 Å². The molecule has 0 bridgehead atoms. The van der Waals surface area contributed by atoms with E-state index in [0.29, 0.717) is 6.42 Å². The maximum atomic E-state index is 12.0. The zero-order chi connectivity index (χ0) is 13.9. The Morgan fingerprint density at radius 3 is 2.80 bits per heavy atom. The molecule has 20 heavy (non-hydrogen) atoms. The summed E-state index contributed by atoms with van der Waals surface area (Å²) in [6.07, 6.45) is 1.46. The van der Waals surface area contributed by atoms with Crippen LogP contribution >= 0.6 is 0 Å². The lowest BCUT2D eigenvalue weighted by atomic mass is 10.1. The van der Waals surface area contributed by atoms with Crippen LogP contribution in [0.15, 0.2) is 48.5 Å². The molecule has 1 heterocycles. The van der Waals surface area contributed by atoms with Gasteiger partial charge in [-0.25, -0.2) is 0 Å². The molecule has 1 aliphatic rings. The van der Waals surface area contributed by atoms with Crippen molar-refractivity contribution in [2.75, 3.05) is 23.8 Å². The molecule has 1 N–H and O–H groups in total.